The maximum Gasteiger partial charge on any atom is 0.490 e. The minimum atomic E-state index is -5.08. The summed E-state index contributed by atoms with van der Waals surface area (Å²) in [6.07, 6.45) is 0.514. The number of pyridine rings is 2. The van der Waals surface area contributed by atoms with Gasteiger partial charge in [0.05, 0.1) is 11.9 Å². The molecule has 232 valence electrons. The number of piperidine rings is 1. The normalized spacial score (nSPS) is 20.2. The molecule has 15 heteroatoms. The lowest BCUT2D eigenvalue weighted by Gasteiger charge is -2.43. The van der Waals surface area contributed by atoms with E-state index in [-0.39, 0.29) is 17.4 Å². The Kier molecular flexibility index (Phi) is 9.54. The third kappa shape index (κ3) is 7.57. The van der Waals surface area contributed by atoms with Crippen LogP contribution in [0.25, 0.3) is 0 Å². The number of carboxylic acids is 1. The average Bonchev–Trinajstić information content (AvgIpc) is 3.15. The first-order chi connectivity index (χ1) is 20.2. The van der Waals surface area contributed by atoms with E-state index in [1.807, 2.05) is 18.0 Å². The first-order valence-corrected chi connectivity index (χ1v) is 14.8. The highest BCUT2D eigenvalue weighted by Gasteiger charge is 2.42. The maximum atomic E-state index is 15.3. The fourth-order valence-electron chi connectivity index (χ4n) is 5.55. The van der Waals surface area contributed by atoms with Gasteiger partial charge in [0.25, 0.3) is 10.0 Å². The highest BCUT2D eigenvalue weighted by Crippen LogP contribution is 2.40. The minimum Gasteiger partial charge on any atom is -0.475 e. The summed E-state index contributed by atoms with van der Waals surface area (Å²) in [5.74, 6) is -4.77. The van der Waals surface area contributed by atoms with Gasteiger partial charge in [-0.3, -0.25) is 9.62 Å². The van der Waals surface area contributed by atoms with E-state index in [1.54, 1.807) is 6.92 Å². The van der Waals surface area contributed by atoms with Gasteiger partial charge in [-0.2, -0.15) is 26.0 Å². The van der Waals surface area contributed by atoms with Crippen LogP contribution in [0.2, 0.25) is 0 Å². The minimum absolute atomic E-state index is 0.200. The Balaban J connectivity index is 0.000000541. The summed E-state index contributed by atoms with van der Waals surface area (Å²) in [5, 5.41) is 6.39. The molecule has 0 aliphatic carbocycles. The van der Waals surface area contributed by atoms with Crippen LogP contribution in [-0.2, 0) is 21.4 Å². The Labute approximate surface area is 245 Å². The van der Waals surface area contributed by atoms with Crippen LogP contribution in [0, 0.1) is 18.7 Å². The van der Waals surface area contributed by atoms with Crippen LogP contribution in [0.15, 0.2) is 59.8 Å². The van der Waals surface area contributed by atoms with E-state index in [2.05, 4.69) is 43.9 Å². The van der Waals surface area contributed by atoms with E-state index in [0.717, 1.165) is 38.3 Å². The zero-order valence-electron chi connectivity index (χ0n) is 23.2. The van der Waals surface area contributed by atoms with E-state index in [0.29, 0.717) is 17.8 Å². The summed E-state index contributed by atoms with van der Waals surface area (Å²) < 4.78 is 88.0. The van der Waals surface area contributed by atoms with Crippen LogP contribution in [0.1, 0.15) is 36.8 Å². The number of rotatable bonds is 7. The maximum absolute atomic E-state index is 15.3. The highest BCUT2D eigenvalue weighted by molar-refractivity contribution is 7.92. The zero-order valence-corrected chi connectivity index (χ0v) is 24.0. The number of anilines is 2. The Morgan fingerprint density at radius 1 is 1.07 bits per heavy atom. The molecule has 2 aliphatic rings. The number of hydrogen-bond donors (Lipinski definition) is 2. The average molecular weight is 628 g/mol. The van der Waals surface area contributed by atoms with Crippen molar-refractivity contribution < 1.29 is 40.3 Å². The summed E-state index contributed by atoms with van der Waals surface area (Å²) >= 11 is 0. The lowest BCUT2D eigenvalue weighted by atomic mass is 9.95. The number of halogens is 5. The summed E-state index contributed by atoms with van der Waals surface area (Å²) in [4.78, 5) is 21.0. The quantitative estimate of drug-likeness (QED) is 0.274. The van der Waals surface area contributed by atoms with Crippen molar-refractivity contribution in [3.8, 4) is 0 Å². The second-order valence-corrected chi connectivity index (χ2v) is 12.0. The van der Waals surface area contributed by atoms with Crippen molar-refractivity contribution in [3.05, 3.63) is 77.6 Å². The second-order valence-electron chi connectivity index (χ2n) is 10.4. The zero-order chi connectivity index (χ0) is 31.5. The number of alkyl halides is 3. The third-order valence-corrected chi connectivity index (χ3v) is 8.92. The van der Waals surface area contributed by atoms with Gasteiger partial charge >= 0.3 is 12.1 Å². The van der Waals surface area contributed by atoms with Crippen molar-refractivity contribution in [3.63, 3.8) is 0 Å². The predicted octanol–water partition coefficient (Wildman–Crippen LogP) is 5.13. The summed E-state index contributed by atoms with van der Waals surface area (Å²) in [7, 11) is -2.47. The van der Waals surface area contributed by atoms with Crippen LogP contribution in [0.5, 0.6) is 0 Å². The van der Waals surface area contributed by atoms with E-state index < -0.39 is 39.0 Å². The monoisotopic (exact) mass is 627 g/mol. The molecule has 0 spiro atoms. The second kappa shape index (κ2) is 12.8. The molecule has 2 saturated heterocycles. The number of carbonyl (C=O) groups is 1. The summed E-state index contributed by atoms with van der Waals surface area (Å²) in [5.41, 5.74) is 2.08. The Bertz CT molecular complexity index is 1540. The molecule has 2 aromatic heterocycles. The molecule has 1 aromatic carbocycles. The molecule has 0 saturated carbocycles. The van der Waals surface area contributed by atoms with Crippen LogP contribution in [0.3, 0.4) is 0 Å². The van der Waals surface area contributed by atoms with E-state index in [9.17, 15) is 26.0 Å². The molecule has 9 nitrogen and oxygen atoms in total. The number of nitrogens with one attached hydrogen (secondary N) is 1. The number of sulfonamides is 1. The molecule has 0 radical (unpaired) electrons. The molecule has 2 N–H and O–H groups in total. The van der Waals surface area contributed by atoms with Crippen LogP contribution < -0.4 is 9.62 Å². The number of carboxylic acid groups (broad SMARTS) is 1. The van der Waals surface area contributed by atoms with Gasteiger partial charge in [0.2, 0.25) is 11.0 Å². The molecule has 2 fully saturated rings. The van der Waals surface area contributed by atoms with Crippen molar-refractivity contribution in [1.29, 1.82) is 0 Å². The number of fused-ring (bicyclic) bond motifs is 2. The van der Waals surface area contributed by atoms with Crippen molar-refractivity contribution in [2.24, 2.45) is 0 Å². The topological polar surface area (TPSA) is 116 Å². The lowest BCUT2D eigenvalue weighted by Crippen LogP contribution is -2.49. The van der Waals surface area contributed by atoms with Crippen molar-refractivity contribution in [1.82, 2.24) is 14.9 Å². The smallest absolute Gasteiger partial charge is 0.475 e. The van der Waals surface area contributed by atoms with Crippen LogP contribution in [0.4, 0.5) is 33.5 Å². The van der Waals surface area contributed by atoms with Gasteiger partial charge in [-0.25, -0.2) is 19.2 Å². The predicted molar refractivity (Wildman–Crippen MR) is 148 cm³/mol. The molecule has 2 aliphatic heterocycles. The standard InChI is InChI=1S/C26H29F2N5O2S.C2HF3O2/c1-17-22(15-29-26(25(17)28)36(34,35)31-24-10-6-9-23(27)30-24)32(2)21-13-19-11-12-20(14-21)33(19)16-18-7-4-3-5-8-18;3-2(4,5)1(6)7/h3-10,15,19-21H,11-14,16H2,1-2H3,(H,30,31);(H,6,7)/t19-,20+,21+;. The number of benzene rings is 1. The molecular formula is C28H30F5N5O4S. The summed E-state index contributed by atoms with van der Waals surface area (Å²) in [6.45, 7) is 2.49. The van der Waals surface area contributed by atoms with Crippen molar-refractivity contribution in [2.75, 3.05) is 16.7 Å². The van der Waals surface area contributed by atoms with E-state index in [4.69, 9.17) is 9.90 Å². The molecule has 0 unspecified atom stereocenters. The van der Waals surface area contributed by atoms with Gasteiger partial charge < -0.3 is 10.0 Å². The molecule has 2 bridgehead atoms. The molecule has 3 aromatic rings. The fourth-order valence-corrected chi connectivity index (χ4v) is 6.62. The van der Waals surface area contributed by atoms with Gasteiger partial charge in [0.1, 0.15) is 5.82 Å². The first-order valence-electron chi connectivity index (χ1n) is 13.3. The Morgan fingerprint density at radius 2 is 1.67 bits per heavy atom. The highest BCUT2D eigenvalue weighted by atomic mass is 32.2. The number of aromatic nitrogens is 2. The van der Waals surface area contributed by atoms with E-state index >= 15 is 4.39 Å². The Morgan fingerprint density at radius 3 is 2.23 bits per heavy atom. The van der Waals surface area contributed by atoms with Gasteiger partial charge in [-0.15, -0.1) is 0 Å². The largest absolute Gasteiger partial charge is 0.490 e. The number of nitrogens with zero attached hydrogens (tertiary/aromatic N) is 4. The van der Waals surface area contributed by atoms with Crippen molar-refractivity contribution in [2.45, 2.75) is 68.5 Å². The molecule has 43 heavy (non-hydrogen) atoms. The molecule has 3 atom stereocenters. The third-order valence-electron chi connectivity index (χ3n) is 7.65. The van der Waals surface area contributed by atoms with Gasteiger partial charge in [0, 0.05) is 37.3 Å². The molecule has 5 rings (SSSR count). The fraction of sp³-hybridized carbons (Fsp3) is 0.393. The lowest BCUT2D eigenvalue weighted by molar-refractivity contribution is -0.192. The van der Waals surface area contributed by atoms with Crippen molar-refractivity contribution >= 4 is 27.5 Å². The molecular weight excluding hydrogens is 597 g/mol. The summed E-state index contributed by atoms with van der Waals surface area (Å²) in [6, 6.07) is 15.3. The number of hydrogen-bond acceptors (Lipinski definition) is 7. The SMILES string of the molecule is Cc1c(N(C)[C@H]2C[C@H]3CC[C@@H](C2)N3Cc2ccccc2)cnc(S(=O)(=O)Nc2cccc(F)n2)c1F.O=C(O)C(F)(F)F. The Hall–Kier alpha value is -3.85. The van der Waals surface area contributed by atoms with E-state index in [1.165, 1.54) is 23.9 Å². The number of aliphatic carboxylic acids is 1. The van der Waals surface area contributed by atoms with Gasteiger partial charge in [-0.05, 0) is 50.3 Å². The first kappa shape index (κ1) is 32.1. The van der Waals surface area contributed by atoms with Gasteiger partial charge in [-0.1, -0.05) is 36.4 Å². The van der Waals surface area contributed by atoms with Crippen LogP contribution in [-0.4, -0.2) is 65.7 Å². The molecule has 0 amide bonds. The molecule has 4 heterocycles. The van der Waals surface area contributed by atoms with Crippen LogP contribution >= 0.6 is 0 Å². The van der Waals surface area contributed by atoms with Gasteiger partial charge in [0.15, 0.2) is 5.82 Å².